The van der Waals surface area contributed by atoms with Crippen LogP contribution in [0.3, 0.4) is 0 Å². The minimum Gasteiger partial charge on any atom is -0.378 e. The molecule has 0 saturated carbocycles. The van der Waals surface area contributed by atoms with Gasteiger partial charge in [0.25, 0.3) is 5.56 Å². The summed E-state index contributed by atoms with van der Waals surface area (Å²) in [5.41, 5.74) is 1.49. The molecule has 2 rings (SSSR count). The maximum absolute atomic E-state index is 11.6. The smallest absolute Gasteiger partial charge is 0.254 e. The van der Waals surface area contributed by atoms with E-state index in [1.807, 2.05) is 6.92 Å². The summed E-state index contributed by atoms with van der Waals surface area (Å²) < 4.78 is 5.63. The van der Waals surface area contributed by atoms with Gasteiger partial charge in [-0.3, -0.25) is 4.79 Å². The maximum atomic E-state index is 11.6. The molecule has 1 fully saturated rings. The number of nitrogens with one attached hydrogen (secondary N) is 1. The molecule has 2 heterocycles. The van der Waals surface area contributed by atoms with Gasteiger partial charge in [-0.1, -0.05) is 0 Å². The summed E-state index contributed by atoms with van der Waals surface area (Å²) in [4.78, 5) is 18.8. The Bertz CT molecular complexity index is 420. The largest absolute Gasteiger partial charge is 0.378 e. The van der Waals surface area contributed by atoms with Gasteiger partial charge in [0.2, 0.25) is 0 Å². The lowest BCUT2D eigenvalue weighted by Crippen LogP contribution is -2.25. The van der Waals surface area contributed by atoms with E-state index >= 15 is 0 Å². The number of aromatic amines is 1. The van der Waals surface area contributed by atoms with Crippen molar-refractivity contribution in [2.75, 3.05) is 6.61 Å². The van der Waals surface area contributed by atoms with E-state index in [4.69, 9.17) is 4.74 Å². The van der Waals surface area contributed by atoms with Crippen LogP contribution in [0.4, 0.5) is 0 Å². The van der Waals surface area contributed by atoms with Crippen LogP contribution in [0, 0.1) is 13.8 Å². The van der Waals surface area contributed by atoms with Gasteiger partial charge in [-0.15, -0.1) is 0 Å². The van der Waals surface area contributed by atoms with Gasteiger partial charge < -0.3 is 9.72 Å². The van der Waals surface area contributed by atoms with Crippen molar-refractivity contribution in [1.29, 1.82) is 0 Å². The van der Waals surface area contributed by atoms with Gasteiger partial charge >= 0.3 is 0 Å². The summed E-state index contributed by atoms with van der Waals surface area (Å²) in [6.45, 7) is 4.50. The number of nitrogens with zero attached hydrogens (tertiary/aromatic N) is 1. The van der Waals surface area contributed by atoms with Gasteiger partial charge in [0.1, 0.15) is 5.82 Å². The molecule has 1 aromatic heterocycles. The maximum Gasteiger partial charge on any atom is 0.254 e. The third-order valence-electron chi connectivity index (χ3n) is 3.14. The quantitative estimate of drug-likeness (QED) is 0.825. The van der Waals surface area contributed by atoms with Crippen molar-refractivity contribution < 1.29 is 4.74 Å². The number of H-pyrrole nitrogens is 1. The van der Waals surface area contributed by atoms with Crippen LogP contribution >= 0.6 is 0 Å². The molecule has 88 valence electrons. The Morgan fingerprint density at radius 2 is 2.25 bits per heavy atom. The van der Waals surface area contributed by atoms with Crippen LogP contribution in [-0.2, 0) is 11.2 Å². The molecule has 4 nitrogen and oxygen atoms in total. The number of rotatable bonds is 2. The summed E-state index contributed by atoms with van der Waals surface area (Å²) in [6, 6.07) is 0. The third-order valence-corrected chi connectivity index (χ3v) is 3.14. The fourth-order valence-corrected chi connectivity index (χ4v) is 1.98. The fraction of sp³-hybridized carbons (Fsp3) is 0.667. The third kappa shape index (κ3) is 2.50. The molecule has 0 spiro atoms. The molecule has 1 N–H and O–H groups in total. The summed E-state index contributed by atoms with van der Waals surface area (Å²) in [6.07, 6.45) is 4.36. The predicted octanol–water partition coefficient (Wildman–Crippen LogP) is 1.50. The standard InChI is InChI=1S/C12H18N2O2/c1-8-9(2)13-11(14-12(8)15)7-10-5-3-4-6-16-10/h10H,3-7H2,1-2H3,(H,13,14,15). The lowest BCUT2D eigenvalue weighted by Gasteiger charge is -2.22. The van der Waals surface area contributed by atoms with E-state index in [2.05, 4.69) is 9.97 Å². The van der Waals surface area contributed by atoms with Crippen LogP contribution in [0.1, 0.15) is 36.3 Å². The van der Waals surface area contributed by atoms with Gasteiger partial charge in [0.15, 0.2) is 0 Å². The molecule has 0 bridgehead atoms. The Labute approximate surface area is 95.1 Å². The van der Waals surface area contributed by atoms with Gasteiger partial charge in [0, 0.05) is 24.3 Å². The van der Waals surface area contributed by atoms with Crippen molar-refractivity contribution in [2.45, 2.75) is 45.6 Å². The second-order valence-corrected chi connectivity index (χ2v) is 4.42. The molecular weight excluding hydrogens is 204 g/mol. The Hall–Kier alpha value is -1.16. The van der Waals surface area contributed by atoms with E-state index in [1.165, 1.54) is 6.42 Å². The van der Waals surface area contributed by atoms with Crippen molar-refractivity contribution in [3.63, 3.8) is 0 Å². The molecule has 0 amide bonds. The van der Waals surface area contributed by atoms with Crippen molar-refractivity contribution in [3.05, 3.63) is 27.4 Å². The number of aromatic nitrogens is 2. The van der Waals surface area contributed by atoms with Crippen molar-refractivity contribution in [2.24, 2.45) is 0 Å². The molecule has 4 heteroatoms. The van der Waals surface area contributed by atoms with Crippen LogP contribution in [0.5, 0.6) is 0 Å². The second-order valence-electron chi connectivity index (χ2n) is 4.42. The summed E-state index contributed by atoms with van der Waals surface area (Å²) in [7, 11) is 0. The van der Waals surface area contributed by atoms with Crippen LogP contribution in [0.2, 0.25) is 0 Å². The van der Waals surface area contributed by atoms with E-state index in [0.29, 0.717) is 5.56 Å². The van der Waals surface area contributed by atoms with Gasteiger partial charge in [-0.25, -0.2) is 4.98 Å². The normalized spacial score (nSPS) is 21.0. The van der Waals surface area contributed by atoms with Crippen LogP contribution in [0.15, 0.2) is 4.79 Å². The average Bonchev–Trinajstić information content (AvgIpc) is 2.27. The summed E-state index contributed by atoms with van der Waals surface area (Å²) in [5, 5.41) is 0. The first kappa shape index (κ1) is 11.3. The zero-order chi connectivity index (χ0) is 11.5. The van der Waals surface area contributed by atoms with Crippen LogP contribution in [0.25, 0.3) is 0 Å². The van der Waals surface area contributed by atoms with Gasteiger partial charge in [0.05, 0.1) is 6.10 Å². The highest BCUT2D eigenvalue weighted by atomic mass is 16.5. The molecule has 1 saturated heterocycles. The molecule has 1 aliphatic heterocycles. The Morgan fingerprint density at radius 1 is 1.44 bits per heavy atom. The highest BCUT2D eigenvalue weighted by Crippen LogP contribution is 2.15. The first-order chi connectivity index (χ1) is 7.66. The molecule has 1 unspecified atom stereocenters. The second kappa shape index (κ2) is 4.78. The molecule has 0 aromatic carbocycles. The fourth-order valence-electron chi connectivity index (χ4n) is 1.98. The predicted molar refractivity (Wildman–Crippen MR) is 61.6 cm³/mol. The molecule has 16 heavy (non-hydrogen) atoms. The van der Waals surface area contributed by atoms with E-state index < -0.39 is 0 Å². The minimum absolute atomic E-state index is 0.0293. The molecular formula is C12H18N2O2. The van der Waals surface area contributed by atoms with E-state index in [1.54, 1.807) is 6.92 Å². The molecule has 0 radical (unpaired) electrons. The van der Waals surface area contributed by atoms with Gasteiger partial charge in [-0.2, -0.15) is 0 Å². The number of aryl methyl sites for hydroxylation is 1. The molecule has 1 aromatic rings. The highest BCUT2D eigenvalue weighted by molar-refractivity contribution is 5.14. The molecule has 0 aliphatic carbocycles. The van der Waals surface area contributed by atoms with Crippen LogP contribution < -0.4 is 5.56 Å². The lowest BCUT2D eigenvalue weighted by molar-refractivity contribution is 0.0156. The minimum atomic E-state index is -0.0293. The topological polar surface area (TPSA) is 55.0 Å². The Morgan fingerprint density at radius 3 is 2.88 bits per heavy atom. The highest BCUT2D eigenvalue weighted by Gasteiger charge is 2.16. The van der Waals surface area contributed by atoms with Crippen LogP contribution in [-0.4, -0.2) is 22.7 Å². The molecule has 1 aliphatic rings. The number of hydrogen-bond acceptors (Lipinski definition) is 3. The monoisotopic (exact) mass is 222 g/mol. The first-order valence-corrected chi connectivity index (χ1v) is 5.85. The van der Waals surface area contributed by atoms with E-state index in [9.17, 15) is 4.79 Å². The van der Waals surface area contributed by atoms with Crippen molar-refractivity contribution in [3.8, 4) is 0 Å². The zero-order valence-corrected chi connectivity index (χ0v) is 9.88. The van der Waals surface area contributed by atoms with E-state index in [0.717, 1.165) is 37.4 Å². The summed E-state index contributed by atoms with van der Waals surface area (Å²) in [5.74, 6) is 0.750. The lowest BCUT2D eigenvalue weighted by atomic mass is 10.1. The Balaban J connectivity index is 2.12. The van der Waals surface area contributed by atoms with Crippen molar-refractivity contribution >= 4 is 0 Å². The van der Waals surface area contributed by atoms with Gasteiger partial charge in [-0.05, 0) is 33.1 Å². The Kier molecular flexibility index (Phi) is 3.39. The zero-order valence-electron chi connectivity index (χ0n) is 9.88. The number of ether oxygens (including phenoxy) is 1. The SMILES string of the molecule is Cc1nc(CC2CCCCO2)[nH]c(=O)c1C. The van der Waals surface area contributed by atoms with Crippen molar-refractivity contribution in [1.82, 2.24) is 9.97 Å². The average molecular weight is 222 g/mol. The molecule has 1 atom stereocenters. The first-order valence-electron chi connectivity index (χ1n) is 5.85. The summed E-state index contributed by atoms with van der Waals surface area (Å²) >= 11 is 0. The van der Waals surface area contributed by atoms with E-state index in [-0.39, 0.29) is 11.7 Å². The number of hydrogen-bond donors (Lipinski definition) is 1.